The zero-order valence-corrected chi connectivity index (χ0v) is 8.93. The Morgan fingerprint density at radius 2 is 2.43 bits per heavy atom. The van der Waals surface area contributed by atoms with Crippen LogP contribution in [0, 0.1) is 0 Å². The summed E-state index contributed by atoms with van der Waals surface area (Å²) in [6, 6.07) is 0. The molecule has 0 aliphatic heterocycles. The van der Waals surface area contributed by atoms with Crippen LogP contribution in [-0.4, -0.2) is 25.8 Å². The monoisotopic (exact) mass is 284 g/mol. The molecule has 0 aromatic carbocycles. The first-order valence-electron chi connectivity index (χ1n) is 2.42. The maximum atomic E-state index is 2.24. The van der Waals surface area contributed by atoms with Crippen molar-refractivity contribution in [3.63, 3.8) is 0 Å². The van der Waals surface area contributed by atoms with Gasteiger partial charge in [0.15, 0.2) is 0 Å². The van der Waals surface area contributed by atoms with E-state index in [1.54, 1.807) is 3.13 Å². The molecule has 0 atom stereocenters. The quantitative estimate of drug-likeness (QED) is 0.590. The zero-order valence-electron chi connectivity index (χ0n) is 4.44. The second kappa shape index (κ2) is 2.11. The molecule has 34 valence electrons. The van der Waals surface area contributed by atoms with Gasteiger partial charge in [0, 0.05) is 0 Å². The molecule has 0 aromatic heterocycles. The Bertz CT molecular complexity index is 131. The van der Waals surface area contributed by atoms with E-state index in [9.17, 15) is 0 Å². The van der Waals surface area contributed by atoms with Gasteiger partial charge >= 0.3 is 60.0 Å². The minimum atomic E-state index is 1.07. The van der Waals surface area contributed by atoms with E-state index in [1.165, 1.54) is 12.0 Å². The van der Waals surface area contributed by atoms with Gasteiger partial charge in [-0.15, -0.1) is 0 Å². The van der Waals surface area contributed by atoms with Crippen LogP contribution in [0.15, 0.2) is 20.9 Å². The van der Waals surface area contributed by atoms with Crippen LogP contribution in [0.25, 0.3) is 0 Å². The van der Waals surface area contributed by atoms with E-state index in [0.717, 1.165) is 25.8 Å². The van der Waals surface area contributed by atoms with Crippen molar-refractivity contribution in [2.45, 2.75) is 13.3 Å². The molecule has 0 unspecified atom stereocenters. The molecule has 0 heterocycles. The van der Waals surface area contributed by atoms with Crippen LogP contribution in [0.2, 0.25) is 0 Å². The first-order valence-corrected chi connectivity index (χ1v) is 4.67. The van der Waals surface area contributed by atoms with Crippen molar-refractivity contribution in [3.05, 3.63) is 20.9 Å². The fourth-order valence-corrected chi connectivity index (χ4v) is 1.53. The molecule has 1 aliphatic carbocycles. The summed E-state index contributed by atoms with van der Waals surface area (Å²) in [4.78, 5) is 0. The first kappa shape index (κ1) is 5.54. The Morgan fingerprint density at radius 3 is 2.57 bits per heavy atom. The van der Waals surface area contributed by atoms with Crippen molar-refractivity contribution < 1.29 is 0 Å². The number of hydrogen-bond donors (Lipinski definition) is 0. The van der Waals surface area contributed by atoms with Crippen molar-refractivity contribution >= 4 is 25.8 Å². The molecule has 0 nitrogen and oxygen atoms in total. The van der Waals surface area contributed by atoms with E-state index in [2.05, 4.69) is 19.1 Å². The summed E-state index contributed by atoms with van der Waals surface area (Å²) in [5.41, 5.74) is 1.52. The second-order valence-corrected chi connectivity index (χ2v) is 4.52. The van der Waals surface area contributed by atoms with Crippen LogP contribution >= 0.6 is 0 Å². The van der Waals surface area contributed by atoms with E-state index >= 15 is 0 Å². The van der Waals surface area contributed by atoms with Crippen LogP contribution in [0.3, 0.4) is 0 Å². The SMILES string of the molecule is CC1=[C]([Tl])CC=C1. The van der Waals surface area contributed by atoms with Gasteiger partial charge in [0.2, 0.25) is 0 Å². The molecule has 0 spiro atoms. The second-order valence-electron chi connectivity index (χ2n) is 1.81. The average molecular weight is 284 g/mol. The summed E-state index contributed by atoms with van der Waals surface area (Å²) >= 11 is 1.07. The van der Waals surface area contributed by atoms with Gasteiger partial charge in [0.25, 0.3) is 0 Å². The van der Waals surface area contributed by atoms with Crippen molar-refractivity contribution in [1.82, 2.24) is 0 Å². The molecule has 1 rings (SSSR count). The molecule has 0 saturated heterocycles. The van der Waals surface area contributed by atoms with Gasteiger partial charge in [0.05, 0.1) is 0 Å². The van der Waals surface area contributed by atoms with Crippen LogP contribution in [-0.2, 0) is 0 Å². The minimum absolute atomic E-state index is 1.07. The molecule has 1 aliphatic rings. The molecule has 0 bridgehead atoms. The van der Waals surface area contributed by atoms with E-state index in [4.69, 9.17) is 0 Å². The Balaban J connectivity index is 2.79. The van der Waals surface area contributed by atoms with E-state index in [0.29, 0.717) is 0 Å². The Labute approximate surface area is 60.0 Å². The normalized spacial score (nSPS) is 18.9. The van der Waals surface area contributed by atoms with Crippen LogP contribution < -0.4 is 0 Å². The number of allylic oxidation sites excluding steroid dienone is 4. The third-order valence-electron chi connectivity index (χ3n) is 1.21. The van der Waals surface area contributed by atoms with Gasteiger partial charge in [-0.05, 0) is 0 Å². The van der Waals surface area contributed by atoms with Crippen molar-refractivity contribution in [1.29, 1.82) is 0 Å². The fraction of sp³-hybridized carbons (Fsp3) is 0.333. The van der Waals surface area contributed by atoms with Crippen molar-refractivity contribution in [3.8, 4) is 0 Å². The Kier molecular flexibility index (Phi) is 1.67. The van der Waals surface area contributed by atoms with E-state index in [-0.39, 0.29) is 0 Å². The van der Waals surface area contributed by atoms with Gasteiger partial charge < -0.3 is 0 Å². The molecule has 0 N–H and O–H groups in total. The molecule has 0 fully saturated rings. The van der Waals surface area contributed by atoms with Gasteiger partial charge in [-0.1, -0.05) is 0 Å². The molecule has 0 saturated carbocycles. The molecular formula is C6H7Tl. The van der Waals surface area contributed by atoms with E-state index < -0.39 is 0 Å². The predicted octanol–water partition coefficient (Wildman–Crippen LogP) is 1.39. The molecule has 0 amide bonds. The summed E-state index contributed by atoms with van der Waals surface area (Å²) < 4.78 is 1.68. The predicted molar refractivity (Wildman–Crippen MR) is 32.2 cm³/mol. The topological polar surface area (TPSA) is 0 Å². The molecule has 0 radical (unpaired) electrons. The van der Waals surface area contributed by atoms with Gasteiger partial charge in [-0.25, -0.2) is 0 Å². The van der Waals surface area contributed by atoms with Gasteiger partial charge in [-0.3, -0.25) is 0 Å². The Hall–Kier alpha value is 0.402. The van der Waals surface area contributed by atoms with E-state index in [1.807, 2.05) is 0 Å². The molecule has 1 heteroatoms. The third kappa shape index (κ3) is 1.15. The summed E-state index contributed by atoms with van der Waals surface area (Å²) in [5, 5.41) is 0. The summed E-state index contributed by atoms with van der Waals surface area (Å²) in [5.74, 6) is 0. The molecular weight excluding hydrogens is 276 g/mol. The van der Waals surface area contributed by atoms with Crippen molar-refractivity contribution in [2.75, 3.05) is 0 Å². The zero-order chi connectivity index (χ0) is 5.28. The molecule has 7 heavy (non-hydrogen) atoms. The standard InChI is InChI=1S/C6H7.Tl/c1-6-4-2-3-5-6;/h2,4H,3H2,1H3;. The van der Waals surface area contributed by atoms with Crippen LogP contribution in [0.1, 0.15) is 13.3 Å². The van der Waals surface area contributed by atoms with Gasteiger partial charge in [-0.2, -0.15) is 0 Å². The molecule has 0 aromatic rings. The fourth-order valence-electron chi connectivity index (χ4n) is 0.631. The Morgan fingerprint density at radius 1 is 1.71 bits per heavy atom. The number of rotatable bonds is 0. The van der Waals surface area contributed by atoms with Gasteiger partial charge in [0.1, 0.15) is 0 Å². The first-order chi connectivity index (χ1) is 3.30. The summed E-state index contributed by atoms with van der Waals surface area (Å²) in [6.45, 7) is 2.19. The average Bonchev–Trinajstić information content (AvgIpc) is 1.91. The summed E-state index contributed by atoms with van der Waals surface area (Å²) in [7, 11) is 0. The van der Waals surface area contributed by atoms with Crippen molar-refractivity contribution in [2.24, 2.45) is 0 Å². The maximum absolute atomic E-state index is 2.24. The number of hydrogen-bond acceptors (Lipinski definition) is 0. The summed E-state index contributed by atoms with van der Waals surface area (Å²) in [6.07, 6.45) is 5.70. The van der Waals surface area contributed by atoms with Crippen LogP contribution in [0.4, 0.5) is 0 Å². The third-order valence-corrected chi connectivity index (χ3v) is 3.90. The van der Waals surface area contributed by atoms with Crippen LogP contribution in [0.5, 0.6) is 0 Å².